The van der Waals surface area contributed by atoms with Crippen LogP contribution >= 0.6 is 11.6 Å². The number of rotatable bonds is 4. The Morgan fingerprint density at radius 3 is 2.75 bits per heavy atom. The van der Waals surface area contributed by atoms with Crippen molar-refractivity contribution < 1.29 is 4.74 Å². The lowest BCUT2D eigenvalue weighted by Crippen LogP contribution is -2.39. The van der Waals surface area contributed by atoms with Crippen molar-refractivity contribution in [1.29, 1.82) is 0 Å². The molecule has 0 spiro atoms. The van der Waals surface area contributed by atoms with E-state index in [9.17, 15) is 9.59 Å². The van der Waals surface area contributed by atoms with Gasteiger partial charge in [0.2, 0.25) is 5.78 Å². The van der Waals surface area contributed by atoms with Crippen LogP contribution in [0.2, 0.25) is 5.02 Å². The molecule has 0 aliphatic rings. The van der Waals surface area contributed by atoms with Gasteiger partial charge in [-0.1, -0.05) is 17.7 Å². The zero-order chi connectivity index (χ0) is 20.2. The number of ether oxygens (including phenoxy) is 1. The number of halogens is 1. The molecule has 0 unspecified atom stereocenters. The SMILES string of the molecule is C=CCn1c(=O)c2c(nc3n(-c4cc(Cl)ccc4OC)c(C)cn23)n(C)c1=O. The molecule has 0 N–H and O–H groups in total. The lowest BCUT2D eigenvalue weighted by molar-refractivity contribution is 0.413. The largest absolute Gasteiger partial charge is 0.495 e. The smallest absolute Gasteiger partial charge is 0.332 e. The van der Waals surface area contributed by atoms with Crippen LogP contribution in [0.15, 0.2) is 46.6 Å². The Hall–Kier alpha value is -3.26. The summed E-state index contributed by atoms with van der Waals surface area (Å²) in [5.41, 5.74) is 1.28. The highest BCUT2D eigenvalue weighted by atomic mass is 35.5. The molecule has 4 aromatic rings. The molecule has 8 nitrogen and oxygen atoms in total. The molecule has 144 valence electrons. The molecule has 0 saturated heterocycles. The van der Waals surface area contributed by atoms with Gasteiger partial charge in [-0.25, -0.2) is 4.79 Å². The van der Waals surface area contributed by atoms with Crippen LogP contribution in [-0.2, 0) is 13.6 Å². The number of aryl methyl sites for hydroxylation is 2. The third kappa shape index (κ3) is 2.41. The highest BCUT2D eigenvalue weighted by Crippen LogP contribution is 2.30. The van der Waals surface area contributed by atoms with Crippen molar-refractivity contribution in [3.63, 3.8) is 0 Å². The summed E-state index contributed by atoms with van der Waals surface area (Å²) in [7, 11) is 3.16. The number of fused-ring (bicyclic) bond motifs is 3. The van der Waals surface area contributed by atoms with Crippen molar-refractivity contribution in [2.24, 2.45) is 7.05 Å². The third-order valence-electron chi connectivity index (χ3n) is 4.72. The summed E-state index contributed by atoms with van der Waals surface area (Å²) in [5, 5.41) is 0.541. The van der Waals surface area contributed by atoms with Crippen molar-refractivity contribution in [3.05, 3.63) is 68.6 Å². The number of hydrogen-bond acceptors (Lipinski definition) is 4. The molecule has 3 heterocycles. The van der Waals surface area contributed by atoms with E-state index in [2.05, 4.69) is 11.6 Å². The first-order chi connectivity index (χ1) is 13.4. The number of allylic oxidation sites excluding steroid dienone is 1. The van der Waals surface area contributed by atoms with Crippen LogP contribution in [-0.4, -0.2) is 30.2 Å². The van der Waals surface area contributed by atoms with Gasteiger partial charge in [0.25, 0.3) is 5.56 Å². The van der Waals surface area contributed by atoms with Gasteiger partial charge in [0, 0.05) is 30.5 Å². The molecular formula is C19H18ClN5O3. The summed E-state index contributed by atoms with van der Waals surface area (Å²) in [5.74, 6) is 1.09. The summed E-state index contributed by atoms with van der Waals surface area (Å²) in [6.45, 7) is 5.64. The van der Waals surface area contributed by atoms with Crippen LogP contribution in [0, 0.1) is 6.92 Å². The van der Waals surface area contributed by atoms with Gasteiger partial charge in [0.05, 0.1) is 12.8 Å². The normalized spacial score (nSPS) is 11.4. The second kappa shape index (κ2) is 6.42. The van der Waals surface area contributed by atoms with Crippen LogP contribution in [0.1, 0.15) is 5.69 Å². The van der Waals surface area contributed by atoms with Gasteiger partial charge >= 0.3 is 5.69 Å². The number of methoxy groups -OCH3 is 1. The molecule has 0 atom stereocenters. The maximum Gasteiger partial charge on any atom is 0.332 e. The average molecular weight is 400 g/mol. The Morgan fingerprint density at radius 1 is 1.32 bits per heavy atom. The van der Waals surface area contributed by atoms with Crippen molar-refractivity contribution in [1.82, 2.24) is 23.1 Å². The quantitative estimate of drug-likeness (QED) is 0.493. The topological polar surface area (TPSA) is 75.5 Å². The number of benzene rings is 1. The fourth-order valence-electron chi connectivity index (χ4n) is 3.44. The number of hydrogen-bond donors (Lipinski definition) is 0. The summed E-state index contributed by atoms with van der Waals surface area (Å²) in [6.07, 6.45) is 3.31. The highest BCUT2D eigenvalue weighted by molar-refractivity contribution is 6.30. The van der Waals surface area contributed by atoms with E-state index in [0.717, 1.165) is 10.3 Å². The minimum atomic E-state index is -0.443. The molecule has 28 heavy (non-hydrogen) atoms. The van der Waals surface area contributed by atoms with Crippen molar-refractivity contribution >= 4 is 28.5 Å². The van der Waals surface area contributed by atoms with E-state index >= 15 is 0 Å². The molecule has 0 saturated carbocycles. The van der Waals surface area contributed by atoms with Gasteiger partial charge in [-0.15, -0.1) is 6.58 Å². The number of aromatic nitrogens is 5. The summed E-state index contributed by atoms with van der Waals surface area (Å²) < 4.78 is 11.5. The van der Waals surface area contributed by atoms with Crippen molar-refractivity contribution in [2.45, 2.75) is 13.5 Å². The maximum absolute atomic E-state index is 13.0. The number of imidazole rings is 2. The summed E-state index contributed by atoms with van der Waals surface area (Å²) >= 11 is 6.20. The fraction of sp³-hybridized carbons (Fsp3) is 0.211. The lowest BCUT2D eigenvalue weighted by Gasteiger charge is -2.11. The van der Waals surface area contributed by atoms with Crippen LogP contribution in [0.5, 0.6) is 5.75 Å². The van der Waals surface area contributed by atoms with Crippen LogP contribution in [0.25, 0.3) is 22.6 Å². The van der Waals surface area contributed by atoms with E-state index in [0.29, 0.717) is 33.4 Å². The Bertz CT molecular complexity index is 1370. The molecule has 4 rings (SSSR count). The molecular weight excluding hydrogens is 382 g/mol. The second-order valence-corrected chi connectivity index (χ2v) is 6.86. The molecule has 0 amide bonds. The molecule has 1 aromatic carbocycles. The molecule has 0 aliphatic heterocycles. The minimum Gasteiger partial charge on any atom is -0.495 e. The minimum absolute atomic E-state index is 0.122. The van der Waals surface area contributed by atoms with Crippen molar-refractivity contribution in [3.8, 4) is 11.4 Å². The molecule has 0 aliphatic carbocycles. The first-order valence-electron chi connectivity index (χ1n) is 8.53. The molecule has 0 fully saturated rings. The van der Waals surface area contributed by atoms with Gasteiger partial charge in [-0.05, 0) is 25.1 Å². The van der Waals surface area contributed by atoms with E-state index in [4.69, 9.17) is 16.3 Å². The van der Waals surface area contributed by atoms with Crippen LogP contribution < -0.4 is 16.0 Å². The Morgan fingerprint density at radius 2 is 2.07 bits per heavy atom. The number of nitrogens with zero attached hydrogens (tertiary/aromatic N) is 5. The third-order valence-corrected chi connectivity index (χ3v) is 4.95. The lowest BCUT2D eigenvalue weighted by atomic mass is 10.3. The van der Waals surface area contributed by atoms with Gasteiger partial charge in [0.1, 0.15) is 5.75 Å². The maximum atomic E-state index is 13.0. The van der Waals surface area contributed by atoms with Crippen LogP contribution in [0.3, 0.4) is 0 Å². The van der Waals surface area contributed by atoms with E-state index in [1.165, 1.54) is 10.6 Å². The molecule has 0 radical (unpaired) electrons. The Balaban J connectivity index is 2.17. The van der Waals surface area contributed by atoms with Crippen molar-refractivity contribution in [2.75, 3.05) is 7.11 Å². The fourth-order valence-corrected chi connectivity index (χ4v) is 3.60. The van der Waals surface area contributed by atoms with E-state index in [1.807, 2.05) is 11.5 Å². The predicted octanol–water partition coefficient (Wildman–Crippen LogP) is 2.30. The van der Waals surface area contributed by atoms with Gasteiger partial charge in [-0.2, -0.15) is 4.98 Å². The zero-order valence-corrected chi connectivity index (χ0v) is 16.4. The van der Waals surface area contributed by atoms with Crippen LogP contribution in [0.4, 0.5) is 0 Å². The molecule has 9 heteroatoms. The molecule has 3 aromatic heterocycles. The zero-order valence-electron chi connectivity index (χ0n) is 15.6. The summed E-state index contributed by atoms with van der Waals surface area (Å²) in [6, 6.07) is 5.27. The standard InChI is InChI=1S/C19H18ClN5O3/c1-5-8-23-17(26)15-16(22(3)19(23)27)21-18-24(15)10-11(2)25(18)13-9-12(20)6-7-14(13)28-4/h5-7,9-10H,1,8H2,2-4H3. The Kier molecular flexibility index (Phi) is 4.15. The van der Waals surface area contributed by atoms with E-state index in [-0.39, 0.29) is 6.54 Å². The monoisotopic (exact) mass is 399 g/mol. The Labute approximate surface area is 164 Å². The second-order valence-electron chi connectivity index (χ2n) is 6.42. The highest BCUT2D eigenvalue weighted by Gasteiger charge is 2.21. The molecule has 0 bridgehead atoms. The summed E-state index contributed by atoms with van der Waals surface area (Å²) in [4.78, 5) is 30.1. The van der Waals surface area contributed by atoms with Gasteiger partial charge < -0.3 is 4.74 Å². The first-order valence-corrected chi connectivity index (χ1v) is 8.91. The van der Waals surface area contributed by atoms with E-state index in [1.54, 1.807) is 43.0 Å². The van der Waals surface area contributed by atoms with Gasteiger partial charge in [-0.3, -0.25) is 22.9 Å². The predicted molar refractivity (Wildman–Crippen MR) is 108 cm³/mol. The average Bonchev–Trinajstić information content (AvgIpc) is 3.18. The van der Waals surface area contributed by atoms with Gasteiger partial charge in [0.15, 0.2) is 11.2 Å². The van der Waals surface area contributed by atoms with E-state index < -0.39 is 11.2 Å². The first kappa shape index (κ1) is 18.1.